The van der Waals surface area contributed by atoms with E-state index in [2.05, 4.69) is 125 Å². The molecule has 0 atom stereocenters. The van der Waals surface area contributed by atoms with Crippen molar-refractivity contribution in [3.8, 4) is 56.4 Å². The molecule has 0 spiro atoms. The topological polar surface area (TPSA) is 51.8 Å². The fourth-order valence-corrected chi connectivity index (χ4v) is 8.42. The lowest BCUT2D eigenvalue weighted by Gasteiger charge is -2.21. The van der Waals surface area contributed by atoms with Crippen LogP contribution in [0.1, 0.15) is 49.9 Å². The number of nitrogens with zero attached hydrogens (tertiary/aromatic N) is 3. The van der Waals surface area contributed by atoms with Crippen LogP contribution in [0.3, 0.4) is 0 Å². The Kier molecular flexibility index (Phi) is 5.65. The highest BCUT2D eigenvalue weighted by atomic mass is 16.3. The van der Waals surface area contributed by atoms with Crippen molar-refractivity contribution in [2.45, 2.75) is 38.5 Å². The van der Waals surface area contributed by atoms with Gasteiger partial charge in [0, 0.05) is 43.9 Å². The third kappa shape index (κ3) is 3.95. The molecular formula is C45H33N3O. The molecule has 0 saturated carbocycles. The van der Waals surface area contributed by atoms with Crippen molar-refractivity contribution >= 4 is 21.9 Å². The molecule has 0 radical (unpaired) electrons. The summed E-state index contributed by atoms with van der Waals surface area (Å²) < 4.78 is 6.79. The Morgan fingerprint density at radius 1 is 0.429 bits per heavy atom. The van der Waals surface area contributed by atoms with Gasteiger partial charge in [0.15, 0.2) is 17.5 Å². The van der Waals surface area contributed by atoms with E-state index in [1.807, 2.05) is 30.3 Å². The molecule has 49 heavy (non-hydrogen) atoms. The number of hydrogen-bond donors (Lipinski definition) is 0. The minimum atomic E-state index is -0.165. The van der Waals surface area contributed by atoms with Crippen LogP contribution in [0.4, 0.5) is 0 Å². The molecule has 2 aliphatic rings. The van der Waals surface area contributed by atoms with E-state index in [4.69, 9.17) is 19.4 Å². The van der Waals surface area contributed by atoms with Crippen LogP contribution in [0.25, 0.3) is 78.4 Å². The van der Waals surface area contributed by atoms with Gasteiger partial charge in [0.05, 0.1) is 0 Å². The summed E-state index contributed by atoms with van der Waals surface area (Å²) >= 11 is 0. The van der Waals surface area contributed by atoms with E-state index in [1.165, 1.54) is 44.5 Å². The lowest BCUT2D eigenvalue weighted by molar-refractivity contribution is 0.620. The van der Waals surface area contributed by atoms with Gasteiger partial charge in [-0.2, -0.15) is 0 Å². The lowest BCUT2D eigenvalue weighted by Crippen LogP contribution is -2.15. The second-order valence-electron chi connectivity index (χ2n) is 14.5. The predicted molar refractivity (Wildman–Crippen MR) is 199 cm³/mol. The van der Waals surface area contributed by atoms with Crippen molar-refractivity contribution < 1.29 is 4.42 Å². The Bertz CT molecular complexity index is 2660. The fourth-order valence-electron chi connectivity index (χ4n) is 8.42. The maximum Gasteiger partial charge on any atom is 0.164 e. The molecule has 0 aliphatic heterocycles. The Labute approximate surface area is 285 Å². The molecule has 4 heteroatoms. The SMILES string of the molecule is CC1(C)c2ccccc2-c2ccc(-c3nc(-c4ccccc4)nc(-c4ccc5c(c4)oc4c6c(ccc45)-c4ccccc4C6(C)C)n3)cc21. The van der Waals surface area contributed by atoms with Crippen LogP contribution in [0.2, 0.25) is 0 Å². The van der Waals surface area contributed by atoms with Crippen molar-refractivity contribution in [2.24, 2.45) is 0 Å². The number of fused-ring (bicyclic) bond motifs is 10. The second kappa shape index (κ2) is 9.83. The summed E-state index contributed by atoms with van der Waals surface area (Å²) in [6.45, 7) is 9.19. The largest absolute Gasteiger partial charge is 0.456 e. The van der Waals surface area contributed by atoms with E-state index < -0.39 is 0 Å². The highest BCUT2D eigenvalue weighted by Crippen LogP contribution is 2.53. The van der Waals surface area contributed by atoms with Crippen molar-refractivity contribution in [3.05, 3.63) is 150 Å². The molecular weight excluding hydrogens is 599 g/mol. The summed E-state index contributed by atoms with van der Waals surface area (Å²) in [4.78, 5) is 15.2. The quantitative estimate of drug-likeness (QED) is 0.195. The zero-order valence-corrected chi connectivity index (χ0v) is 27.9. The third-order valence-electron chi connectivity index (χ3n) is 10.9. The zero-order valence-electron chi connectivity index (χ0n) is 27.9. The number of benzene rings is 6. The van der Waals surface area contributed by atoms with Gasteiger partial charge < -0.3 is 4.42 Å². The van der Waals surface area contributed by atoms with Crippen molar-refractivity contribution in [3.63, 3.8) is 0 Å². The minimum absolute atomic E-state index is 0.123. The van der Waals surface area contributed by atoms with Gasteiger partial charge in [-0.05, 0) is 63.2 Å². The predicted octanol–water partition coefficient (Wildman–Crippen LogP) is 11.4. The van der Waals surface area contributed by atoms with E-state index in [-0.39, 0.29) is 10.8 Å². The van der Waals surface area contributed by atoms with Crippen molar-refractivity contribution in [1.29, 1.82) is 0 Å². The first-order valence-electron chi connectivity index (χ1n) is 17.0. The molecule has 2 aliphatic carbocycles. The van der Waals surface area contributed by atoms with E-state index in [0.29, 0.717) is 17.5 Å². The lowest BCUT2D eigenvalue weighted by atomic mass is 9.82. The number of rotatable bonds is 3. The summed E-state index contributed by atoms with van der Waals surface area (Å²) in [5.74, 6) is 1.92. The van der Waals surface area contributed by atoms with Gasteiger partial charge in [0.2, 0.25) is 0 Å². The summed E-state index contributed by atoms with van der Waals surface area (Å²) in [5, 5.41) is 2.22. The molecule has 0 amide bonds. The summed E-state index contributed by atoms with van der Waals surface area (Å²) in [6.07, 6.45) is 0. The van der Waals surface area contributed by atoms with Gasteiger partial charge in [0.1, 0.15) is 11.2 Å². The van der Waals surface area contributed by atoms with Crippen LogP contribution >= 0.6 is 0 Å². The second-order valence-corrected chi connectivity index (χ2v) is 14.5. The van der Waals surface area contributed by atoms with Gasteiger partial charge in [-0.3, -0.25) is 0 Å². The Balaban J connectivity index is 1.14. The molecule has 0 bridgehead atoms. The molecule has 8 aromatic rings. The molecule has 0 fully saturated rings. The number of furan rings is 1. The summed E-state index contributed by atoms with van der Waals surface area (Å²) in [6, 6.07) is 45.0. The van der Waals surface area contributed by atoms with Crippen LogP contribution < -0.4 is 0 Å². The normalized spacial score (nSPS) is 14.9. The Hall–Kier alpha value is -5.87. The maximum absolute atomic E-state index is 6.79. The fraction of sp³-hybridized carbons (Fsp3) is 0.133. The summed E-state index contributed by atoms with van der Waals surface area (Å²) in [7, 11) is 0. The molecule has 0 saturated heterocycles. The molecule has 2 aromatic heterocycles. The average molecular weight is 632 g/mol. The first-order valence-corrected chi connectivity index (χ1v) is 17.0. The zero-order chi connectivity index (χ0) is 33.1. The molecule has 234 valence electrons. The number of aromatic nitrogens is 3. The van der Waals surface area contributed by atoms with Crippen molar-refractivity contribution in [2.75, 3.05) is 0 Å². The van der Waals surface area contributed by atoms with Crippen molar-refractivity contribution in [1.82, 2.24) is 15.0 Å². The summed E-state index contributed by atoms with van der Waals surface area (Å²) in [5.41, 5.74) is 14.6. The maximum atomic E-state index is 6.79. The van der Waals surface area contributed by atoms with Gasteiger partial charge >= 0.3 is 0 Å². The molecule has 10 rings (SSSR count). The Morgan fingerprint density at radius 2 is 0.959 bits per heavy atom. The monoisotopic (exact) mass is 631 g/mol. The van der Waals surface area contributed by atoms with E-state index in [1.54, 1.807) is 0 Å². The highest BCUT2D eigenvalue weighted by molar-refractivity contribution is 6.09. The first kappa shape index (κ1) is 28.2. The third-order valence-corrected chi connectivity index (χ3v) is 10.9. The highest BCUT2D eigenvalue weighted by Gasteiger charge is 2.38. The standard InChI is InChI=1S/C45H33N3O/c1-44(2)35-16-10-8-14-29(35)31-20-18-27(24-37(31)44)42-46-41(26-12-6-5-7-13-26)47-43(48-42)28-19-21-32-34-23-22-33-30-15-9-11-17-36(30)45(3,4)39(33)40(34)49-38(32)25-28/h5-25H,1-4H3. The van der Waals surface area contributed by atoms with Crippen LogP contribution in [0.15, 0.2) is 132 Å². The van der Waals surface area contributed by atoms with E-state index in [9.17, 15) is 0 Å². The average Bonchev–Trinajstić information content (AvgIpc) is 3.71. The van der Waals surface area contributed by atoms with E-state index >= 15 is 0 Å². The Morgan fingerprint density at radius 3 is 1.69 bits per heavy atom. The smallest absolute Gasteiger partial charge is 0.164 e. The van der Waals surface area contributed by atoms with Crippen LogP contribution in [-0.2, 0) is 10.8 Å². The van der Waals surface area contributed by atoms with Crippen LogP contribution in [0, 0.1) is 0 Å². The van der Waals surface area contributed by atoms with E-state index in [0.717, 1.165) is 38.6 Å². The van der Waals surface area contributed by atoms with Crippen LogP contribution in [0.5, 0.6) is 0 Å². The van der Waals surface area contributed by atoms with Gasteiger partial charge in [-0.25, -0.2) is 15.0 Å². The number of hydrogen-bond acceptors (Lipinski definition) is 4. The molecule has 4 nitrogen and oxygen atoms in total. The molecule has 2 heterocycles. The van der Waals surface area contributed by atoms with Gasteiger partial charge in [0.25, 0.3) is 0 Å². The first-order chi connectivity index (χ1) is 23.8. The van der Waals surface area contributed by atoms with Gasteiger partial charge in [-0.1, -0.05) is 131 Å². The van der Waals surface area contributed by atoms with Gasteiger partial charge in [-0.15, -0.1) is 0 Å². The molecule has 0 unspecified atom stereocenters. The minimum Gasteiger partial charge on any atom is -0.456 e. The van der Waals surface area contributed by atoms with Crippen LogP contribution in [-0.4, -0.2) is 15.0 Å². The molecule has 0 N–H and O–H groups in total. The molecule has 6 aromatic carbocycles.